The van der Waals surface area contributed by atoms with E-state index in [1.165, 1.54) is 4.31 Å². The third-order valence-corrected chi connectivity index (χ3v) is 9.63. The van der Waals surface area contributed by atoms with Crippen LogP contribution in [0.1, 0.15) is 24.5 Å². The lowest BCUT2D eigenvalue weighted by atomic mass is 9.83. The zero-order chi connectivity index (χ0) is 25.7. The number of phenolic OH excluding ortho intramolecular Hbond substituents is 2. The predicted octanol–water partition coefficient (Wildman–Crippen LogP) is 5.56. The first-order valence-corrected chi connectivity index (χ1v) is 13.9. The Labute approximate surface area is 216 Å². The number of rotatable bonds is 6. The fraction of sp³-hybridized carbons (Fsp3) is 0.200. The van der Waals surface area contributed by atoms with Crippen LogP contribution in [0.15, 0.2) is 91.0 Å². The highest BCUT2D eigenvalue weighted by molar-refractivity contribution is 7.93. The van der Waals surface area contributed by atoms with E-state index >= 15 is 0 Å². The Morgan fingerprint density at radius 2 is 1.41 bits per heavy atom. The third-order valence-electron chi connectivity index (χ3n) is 7.35. The summed E-state index contributed by atoms with van der Waals surface area (Å²) in [5.41, 5.74) is 4.06. The highest BCUT2D eigenvalue weighted by Crippen LogP contribution is 2.51. The molecule has 0 radical (unpaired) electrons. The topological polar surface area (TPSA) is 87.1 Å². The van der Waals surface area contributed by atoms with E-state index in [2.05, 4.69) is 0 Å². The molecule has 0 aromatic heterocycles. The van der Waals surface area contributed by atoms with Gasteiger partial charge in [-0.3, -0.25) is 4.31 Å². The molecule has 1 saturated heterocycles. The van der Waals surface area contributed by atoms with Crippen molar-refractivity contribution in [2.24, 2.45) is 0 Å². The summed E-state index contributed by atoms with van der Waals surface area (Å²) >= 11 is 0. The van der Waals surface area contributed by atoms with E-state index in [1.807, 2.05) is 61.5 Å². The molecular weight excluding hydrogens is 486 g/mol. The molecule has 6 nitrogen and oxygen atoms in total. The van der Waals surface area contributed by atoms with Crippen LogP contribution < -0.4 is 4.31 Å². The Morgan fingerprint density at radius 1 is 0.811 bits per heavy atom. The van der Waals surface area contributed by atoms with Crippen molar-refractivity contribution in [1.82, 2.24) is 0 Å². The van der Waals surface area contributed by atoms with Crippen molar-refractivity contribution < 1.29 is 23.4 Å². The van der Waals surface area contributed by atoms with Gasteiger partial charge in [-0.05, 0) is 82.8 Å². The summed E-state index contributed by atoms with van der Waals surface area (Å²) in [6.07, 6.45) is -0.708. The van der Waals surface area contributed by atoms with Crippen LogP contribution in [0, 0.1) is 0 Å². The summed E-state index contributed by atoms with van der Waals surface area (Å²) in [5.74, 6) is 0.297. The van der Waals surface area contributed by atoms with Crippen molar-refractivity contribution in [2.45, 2.75) is 30.8 Å². The molecule has 37 heavy (non-hydrogen) atoms. The first kappa shape index (κ1) is 23.6. The van der Waals surface area contributed by atoms with Gasteiger partial charge in [-0.25, -0.2) is 8.42 Å². The van der Waals surface area contributed by atoms with Crippen molar-refractivity contribution in [2.75, 3.05) is 10.8 Å². The minimum Gasteiger partial charge on any atom is -0.508 e. The lowest BCUT2D eigenvalue weighted by Gasteiger charge is -2.31. The molecule has 2 bridgehead atoms. The van der Waals surface area contributed by atoms with Gasteiger partial charge in [0.1, 0.15) is 22.9 Å². The molecule has 0 spiro atoms. The van der Waals surface area contributed by atoms with E-state index in [0.717, 1.165) is 33.0 Å². The summed E-state index contributed by atoms with van der Waals surface area (Å²) in [5, 5.41) is 20.9. The standard InChI is InChI=1S/C30H27NO5S/c1-2-31(23-12-7-19-5-3-4-6-22(19)17-23)37(34,35)27-18-26-28(20-8-13-24(32)14-9-20)29(30(27)36-26)21-10-15-25(33)16-11-21/h3-17,26-27,30,32-33H,2,18H2,1H3/t26-,27+,30+/m1/s1. The first-order valence-electron chi connectivity index (χ1n) is 12.4. The third kappa shape index (κ3) is 3.95. The molecule has 2 heterocycles. The lowest BCUT2D eigenvalue weighted by Crippen LogP contribution is -2.43. The van der Waals surface area contributed by atoms with Gasteiger partial charge in [-0.2, -0.15) is 0 Å². The van der Waals surface area contributed by atoms with Crippen LogP contribution in [0.5, 0.6) is 11.5 Å². The number of hydrogen-bond donors (Lipinski definition) is 2. The van der Waals surface area contributed by atoms with Gasteiger partial charge in [0.15, 0.2) is 0 Å². The molecule has 4 aromatic rings. The lowest BCUT2D eigenvalue weighted by molar-refractivity contribution is 0.128. The Hall–Kier alpha value is -3.81. The average molecular weight is 514 g/mol. The van der Waals surface area contributed by atoms with E-state index in [0.29, 0.717) is 18.7 Å². The second-order valence-electron chi connectivity index (χ2n) is 9.48. The van der Waals surface area contributed by atoms with Crippen molar-refractivity contribution in [3.8, 4) is 11.5 Å². The van der Waals surface area contributed by atoms with Crippen LogP contribution >= 0.6 is 0 Å². The summed E-state index contributed by atoms with van der Waals surface area (Å²) in [4.78, 5) is 0. The van der Waals surface area contributed by atoms with Crippen LogP contribution in [0.2, 0.25) is 0 Å². The normalized spacial score (nSPS) is 21.1. The monoisotopic (exact) mass is 513 g/mol. The van der Waals surface area contributed by atoms with Crippen LogP contribution in [0.3, 0.4) is 0 Å². The number of anilines is 1. The molecule has 0 aliphatic carbocycles. The Bertz CT molecular complexity index is 1610. The maximum absolute atomic E-state index is 14.2. The van der Waals surface area contributed by atoms with Crippen LogP contribution in [-0.2, 0) is 14.8 Å². The second-order valence-corrected chi connectivity index (χ2v) is 11.6. The molecule has 7 heteroatoms. The smallest absolute Gasteiger partial charge is 0.241 e. The highest BCUT2D eigenvalue weighted by Gasteiger charge is 2.54. The van der Waals surface area contributed by atoms with Gasteiger partial charge in [0.25, 0.3) is 0 Å². The molecule has 2 aliphatic heterocycles. The molecule has 0 saturated carbocycles. The van der Waals surface area contributed by atoms with E-state index < -0.39 is 27.5 Å². The van der Waals surface area contributed by atoms with Crippen LogP contribution in [0.4, 0.5) is 5.69 Å². The number of phenols is 2. The van der Waals surface area contributed by atoms with Gasteiger partial charge in [-0.1, -0.05) is 54.6 Å². The number of sulfonamides is 1. The molecule has 2 N–H and O–H groups in total. The maximum atomic E-state index is 14.2. The summed E-state index contributed by atoms with van der Waals surface area (Å²) in [6.45, 7) is 2.15. The van der Waals surface area contributed by atoms with Gasteiger partial charge >= 0.3 is 0 Å². The molecule has 2 aliphatic rings. The first-order chi connectivity index (χ1) is 17.9. The number of hydrogen-bond acceptors (Lipinski definition) is 5. The molecule has 0 unspecified atom stereocenters. The summed E-state index contributed by atoms with van der Waals surface area (Å²) in [6, 6.07) is 27.3. The number of fused-ring (bicyclic) bond motifs is 3. The Balaban J connectivity index is 1.43. The van der Waals surface area contributed by atoms with E-state index in [-0.39, 0.29) is 11.5 Å². The number of aromatic hydroxyl groups is 2. The second kappa shape index (κ2) is 8.94. The molecule has 1 fully saturated rings. The largest absolute Gasteiger partial charge is 0.508 e. The SMILES string of the molecule is CCN(c1ccc2ccccc2c1)S(=O)(=O)[C@H]1C[C@H]2O[C@@H]1C(c1ccc(O)cc1)=C2c1ccc(O)cc1. The van der Waals surface area contributed by atoms with Crippen LogP contribution in [0.25, 0.3) is 21.9 Å². The molecule has 188 valence electrons. The van der Waals surface area contributed by atoms with Crippen molar-refractivity contribution >= 4 is 37.6 Å². The molecule has 0 amide bonds. The van der Waals surface area contributed by atoms with E-state index in [4.69, 9.17) is 4.74 Å². The summed E-state index contributed by atoms with van der Waals surface area (Å²) in [7, 11) is -3.78. The van der Waals surface area contributed by atoms with Crippen molar-refractivity contribution in [3.63, 3.8) is 0 Å². The van der Waals surface area contributed by atoms with Gasteiger partial charge in [0.2, 0.25) is 10.0 Å². The van der Waals surface area contributed by atoms with Crippen molar-refractivity contribution in [1.29, 1.82) is 0 Å². The van der Waals surface area contributed by atoms with E-state index in [1.54, 1.807) is 36.4 Å². The predicted molar refractivity (Wildman–Crippen MR) is 146 cm³/mol. The van der Waals surface area contributed by atoms with Gasteiger partial charge in [-0.15, -0.1) is 0 Å². The zero-order valence-electron chi connectivity index (χ0n) is 20.3. The fourth-order valence-corrected chi connectivity index (χ4v) is 7.67. The molecular formula is C30H27NO5S. The fourth-order valence-electron chi connectivity index (χ4n) is 5.65. The minimum absolute atomic E-state index is 0.136. The highest BCUT2D eigenvalue weighted by atomic mass is 32.2. The minimum atomic E-state index is -3.78. The van der Waals surface area contributed by atoms with Crippen LogP contribution in [-0.4, -0.2) is 42.6 Å². The Morgan fingerprint density at radius 3 is 2.03 bits per heavy atom. The van der Waals surface area contributed by atoms with Crippen molar-refractivity contribution in [3.05, 3.63) is 102 Å². The number of ether oxygens (including phenoxy) is 1. The van der Waals surface area contributed by atoms with E-state index in [9.17, 15) is 18.6 Å². The zero-order valence-corrected chi connectivity index (χ0v) is 21.1. The maximum Gasteiger partial charge on any atom is 0.241 e. The summed E-state index contributed by atoms with van der Waals surface area (Å²) < 4.78 is 36.2. The number of benzene rings is 4. The van der Waals surface area contributed by atoms with Gasteiger partial charge < -0.3 is 14.9 Å². The molecule has 6 rings (SSSR count). The van der Waals surface area contributed by atoms with Gasteiger partial charge in [0.05, 0.1) is 11.8 Å². The molecule has 3 atom stereocenters. The number of nitrogens with zero attached hydrogens (tertiary/aromatic N) is 1. The quantitative estimate of drug-likeness (QED) is 0.353. The Kier molecular flexibility index (Phi) is 5.70. The molecule has 4 aromatic carbocycles. The average Bonchev–Trinajstić information content (AvgIpc) is 3.50. The van der Waals surface area contributed by atoms with Gasteiger partial charge in [0, 0.05) is 6.54 Å².